The third-order valence-electron chi connectivity index (χ3n) is 7.19. The van der Waals surface area contributed by atoms with Gasteiger partial charge in [0.05, 0.1) is 19.9 Å². The number of amides is 1. The summed E-state index contributed by atoms with van der Waals surface area (Å²) in [5, 5.41) is 12.6. The molecule has 3 aromatic rings. The predicted molar refractivity (Wildman–Crippen MR) is 147 cm³/mol. The normalized spacial score (nSPS) is 15.5. The minimum absolute atomic E-state index is 0.172. The van der Waals surface area contributed by atoms with Crippen LogP contribution in [0.4, 0.5) is 24.5 Å². The lowest BCUT2D eigenvalue weighted by molar-refractivity contribution is -0.274. The highest BCUT2D eigenvalue weighted by Gasteiger charge is 2.54. The zero-order valence-corrected chi connectivity index (χ0v) is 23.2. The molecular weight excluding hydrogens is 581 g/mol. The van der Waals surface area contributed by atoms with E-state index in [1.165, 1.54) is 43.4 Å². The molecule has 0 saturated heterocycles. The Morgan fingerprint density at radius 2 is 1.76 bits per heavy atom. The molecule has 3 aromatic carbocycles. The number of carboxylic acids is 1. The maximum absolute atomic E-state index is 14.4. The van der Waals surface area contributed by atoms with E-state index in [1.54, 1.807) is 30.3 Å². The molecule has 5 rings (SSSR count). The van der Waals surface area contributed by atoms with Crippen LogP contribution in [0, 0.1) is 0 Å². The summed E-state index contributed by atoms with van der Waals surface area (Å²) in [5.41, 5.74) is 1.51. The molecule has 0 bridgehead atoms. The number of rotatable bonds is 10. The Balaban J connectivity index is 1.56. The molecule has 1 fully saturated rings. The maximum atomic E-state index is 14.4. The van der Waals surface area contributed by atoms with E-state index in [-0.39, 0.29) is 17.7 Å². The van der Waals surface area contributed by atoms with Gasteiger partial charge in [-0.1, -0.05) is 23.7 Å². The van der Waals surface area contributed by atoms with Crippen LogP contribution in [-0.2, 0) is 15.0 Å². The van der Waals surface area contributed by atoms with Crippen LogP contribution in [0.25, 0.3) is 0 Å². The van der Waals surface area contributed by atoms with E-state index in [9.17, 15) is 22.8 Å². The fourth-order valence-electron chi connectivity index (χ4n) is 5.15. The number of methoxy groups -OCH3 is 2. The van der Waals surface area contributed by atoms with E-state index >= 15 is 0 Å². The fourth-order valence-corrected chi connectivity index (χ4v) is 5.31. The van der Waals surface area contributed by atoms with Crippen molar-refractivity contribution in [3.05, 3.63) is 70.7 Å². The predicted octanol–water partition coefficient (Wildman–Crippen LogP) is 5.95. The van der Waals surface area contributed by atoms with Crippen molar-refractivity contribution in [3.8, 4) is 23.0 Å². The number of alkyl halides is 3. The quantitative estimate of drug-likeness (QED) is 0.292. The van der Waals surface area contributed by atoms with Gasteiger partial charge in [0.15, 0.2) is 6.61 Å². The van der Waals surface area contributed by atoms with Crippen LogP contribution in [-0.4, -0.2) is 50.7 Å². The van der Waals surface area contributed by atoms with Crippen molar-refractivity contribution in [2.75, 3.05) is 37.6 Å². The van der Waals surface area contributed by atoms with Crippen LogP contribution in [0.5, 0.6) is 23.0 Å². The number of anilines is 2. The largest absolute Gasteiger partial charge is 0.573 e. The average Bonchev–Trinajstić information content (AvgIpc) is 3.65. The summed E-state index contributed by atoms with van der Waals surface area (Å²) in [7, 11) is 2.84. The molecule has 1 amide bonds. The molecule has 9 nitrogen and oxygen atoms in total. The number of nitrogens with one attached hydrogen (secondary N) is 1. The molecule has 1 heterocycles. The first-order chi connectivity index (χ1) is 19.9. The van der Waals surface area contributed by atoms with Gasteiger partial charge in [0.1, 0.15) is 29.0 Å². The molecule has 13 heteroatoms. The Morgan fingerprint density at radius 3 is 2.40 bits per heavy atom. The number of hydrogen-bond donors (Lipinski definition) is 2. The Labute approximate surface area is 243 Å². The summed E-state index contributed by atoms with van der Waals surface area (Å²) in [6.07, 6.45) is -3.33. The number of carbonyl (C=O) groups excluding carboxylic acids is 1. The molecular formula is C29H26ClF3N2O7. The summed E-state index contributed by atoms with van der Waals surface area (Å²) in [4.78, 5) is 26.9. The third kappa shape index (κ3) is 6.13. The van der Waals surface area contributed by atoms with Crippen molar-refractivity contribution < 1.29 is 46.8 Å². The van der Waals surface area contributed by atoms with Crippen LogP contribution in [0.2, 0.25) is 5.02 Å². The second kappa shape index (κ2) is 11.2. The average molecular weight is 607 g/mol. The Hall–Kier alpha value is -4.32. The first kappa shape index (κ1) is 29.2. The lowest BCUT2D eigenvalue weighted by Crippen LogP contribution is -2.38. The minimum Gasteiger partial charge on any atom is -0.497 e. The lowest BCUT2D eigenvalue weighted by atomic mass is 9.99. The topological polar surface area (TPSA) is 107 Å². The smallest absolute Gasteiger partial charge is 0.497 e. The van der Waals surface area contributed by atoms with Gasteiger partial charge in [-0.3, -0.25) is 4.79 Å². The molecule has 2 aliphatic rings. The first-order valence-electron chi connectivity index (χ1n) is 12.8. The Kier molecular flexibility index (Phi) is 7.76. The lowest BCUT2D eigenvalue weighted by Gasteiger charge is -2.28. The van der Waals surface area contributed by atoms with Crippen LogP contribution in [0.15, 0.2) is 54.6 Å². The van der Waals surface area contributed by atoms with Gasteiger partial charge in [-0.2, -0.15) is 0 Å². The second-order valence-electron chi connectivity index (χ2n) is 9.97. The van der Waals surface area contributed by atoms with Gasteiger partial charge in [-0.15, -0.1) is 13.2 Å². The molecule has 0 radical (unpaired) electrons. The SMILES string of the molecule is COc1cc(NC(C(=O)N2CC3(CC3)c3ccc(OC(F)(F)F)cc32)c2ccc(Cl)cc2OC)cc(OCC(=O)O)c1. The van der Waals surface area contributed by atoms with Gasteiger partial charge in [-0.05, 0) is 36.6 Å². The number of carbonyl (C=O) groups is 2. The molecule has 2 N–H and O–H groups in total. The van der Waals surface area contributed by atoms with Crippen molar-refractivity contribution >= 4 is 34.9 Å². The number of aliphatic carboxylic acids is 1. The van der Waals surface area contributed by atoms with Gasteiger partial charge in [0, 0.05) is 52.5 Å². The molecule has 222 valence electrons. The number of hydrogen-bond acceptors (Lipinski definition) is 7. The van der Waals surface area contributed by atoms with E-state index in [0.29, 0.717) is 33.5 Å². The number of halogens is 4. The van der Waals surface area contributed by atoms with Crippen LogP contribution in [0.1, 0.15) is 30.0 Å². The van der Waals surface area contributed by atoms with Crippen LogP contribution < -0.4 is 29.2 Å². The van der Waals surface area contributed by atoms with Crippen molar-refractivity contribution in [3.63, 3.8) is 0 Å². The van der Waals surface area contributed by atoms with E-state index < -0.39 is 36.6 Å². The highest BCUT2D eigenvalue weighted by atomic mass is 35.5. The van der Waals surface area contributed by atoms with Gasteiger partial charge in [-0.25, -0.2) is 4.79 Å². The summed E-state index contributed by atoms with van der Waals surface area (Å²) in [6.45, 7) is -0.329. The first-order valence-corrected chi connectivity index (χ1v) is 13.1. The van der Waals surface area contributed by atoms with Crippen molar-refractivity contribution in [2.45, 2.75) is 30.7 Å². The van der Waals surface area contributed by atoms with Crippen LogP contribution in [0.3, 0.4) is 0 Å². The summed E-state index contributed by atoms with van der Waals surface area (Å²) in [5.74, 6) is -1.29. The van der Waals surface area contributed by atoms with E-state index in [2.05, 4.69) is 10.1 Å². The second-order valence-corrected chi connectivity index (χ2v) is 10.4. The Bertz CT molecular complexity index is 1530. The fraction of sp³-hybridized carbons (Fsp3) is 0.310. The molecule has 42 heavy (non-hydrogen) atoms. The van der Waals surface area contributed by atoms with Gasteiger partial charge < -0.3 is 34.3 Å². The van der Waals surface area contributed by atoms with Crippen molar-refractivity contribution in [1.82, 2.24) is 0 Å². The molecule has 1 unspecified atom stereocenters. The number of carboxylic acid groups (broad SMARTS) is 1. The van der Waals surface area contributed by atoms with Gasteiger partial charge in [0.25, 0.3) is 5.91 Å². The Morgan fingerprint density at radius 1 is 1.02 bits per heavy atom. The van der Waals surface area contributed by atoms with E-state index in [1.807, 2.05) is 0 Å². The van der Waals surface area contributed by atoms with Crippen LogP contribution >= 0.6 is 11.6 Å². The molecule has 1 saturated carbocycles. The highest BCUT2D eigenvalue weighted by molar-refractivity contribution is 6.30. The zero-order chi connectivity index (χ0) is 30.2. The number of benzene rings is 3. The third-order valence-corrected chi connectivity index (χ3v) is 7.42. The monoisotopic (exact) mass is 606 g/mol. The van der Waals surface area contributed by atoms with Crippen molar-refractivity contribution in [2.24, 2.45) is 0 Å². The number of fused-ring (bicyclic) bond motifs is 2. The summed E-state index contributed by atoms with van der Waals surface area (Å²) >= 11 is 6.19. The molecule has 1 spiro atoms. The molecule has 1 aliphatic carbocycles. The maximum Gasteiger partial charge on any atom is 0.573 e. The molecule has 1 atom stereocenters. The number of nitrogens with zero attached hydrogens (tertiary/aromatic N) is 1. The van der Waals surface area contributed by atoms with Gasteiger partial charge >= 0.3 is 12.3 Å². The van der Waals surface area contributed by atoms with Crippen molar-refractivity contribution in [1.29, 1.82) is 0 Å². The van der Waals surface area contributed by atoms with E-state index in [4.69, 9.17) is 30.9 Å². The summed E-state index contributed by atoms with van der Waals surface area (Å²) in [6, 6.07) is 12.3. The minimum atomic E-state index is -4.90. The zero-order valence-electron chi connectivity index (χ0n) is 22.5. The van der Waals surface area contributed by atoms with E-state index in [0.717, 1.165) is 18.4 Å². The molecule has 1 aliphatic heterocycles. The van der Waals surface area contributed by atoms with Gasteiger partial charge in [0.2, 0.25) is 0 Å². The highest BCUT2D eigenvalue weighted by Crippen LogP contribution is 2.57. The summed E-state index contributed by atoms with van der Waals surface area (Å²) < 4.78 is 59.4. The standard InChI is InChI=1S/C29H26ClF3N2O7/c1-39-19-10-17(11-20(12-19)41-14-25(36)37)34-26(21-5-3-16(30)9-24(21)40-2)27(38)35-15-28(7-8-28)22-6-4-18(13-23(22)35)42-29(31,32)33/h3-6,9-13,26,34H,7-8,14-15H2,1-2H3,(H,36,37). The number of ether oxygens (including phenoxy) is 4. The molecule has 0 aromatic heterocycles.